The van der Waals surface area contributed by atoms with Crippen LogP contribution in [0.1, 0.15) is 50.5 Å². The zero-order valence-electron chi connectivity index (χ0n) is 17.9. The largest absolute Gasteiger partial charge is 0.356 e. The third-order valence-corrected chi connectivity index (χ3v) is 6.20. The van der Waals surface area contributed by atoms with E-state index < -0.39 is 0 Å². The van der Waals surface area contributed by atoms with Crippen LogP contribution in [0.15, 0.2) is 48.2 Å². The van der Waals surface area contributed by atoms with Crippen LogP contribution in [0, 0.1) is 12.8 Å². The number of benzene rings is 1. The second-order valence-electron chi connectivity index (χ2n) is 8.54. The van der Waals surface area contributed by atoms with Crippen molar-refractivity contribution in [3.63, 3.8) is 0 Å². The van der Waals surface area contributed by atoms with Crippen LogP contribution in [-0.2, 0) is 4.79 Å². The van der Waals surface area contributed by atoms with Gasteiger partial charge in [0.2, 0.25) is 5.91 Å². The summed E-state index contributed by atoms with van der Waals surface area (Å²) < 4.78 is 0. The lowest BCUT2D eigenvalue weighted by atomic mass is 9.96. The van der Waals surface area contributed by atoms with Crippen molar-refractivity contribution >= 4 is 11.7 Å². The zero-order valence-corrected chi connectivity index (χ0v) is 17.9. The van der Waals surface area contributed by atoms with E-state index in [4.69, 9.17) is 4.98 Å². The Morgan fingerprint density at radius 2 is 2.03 bits per heavy atom. The van der Waals surface area contributed by atoms with Gasteiger partial charge in [-0.05, 0) is 57.9 Å². The molecule has 2 aromatic rings. The highest BCUT2D eigenvalue weighted by Crippen LogP contribution is 2.24. The monoisotopic (exact) mass is 404 g/mol. The summed E-state index contributed by atoms with van der Waals surface area (Å²) in [7, 11) is 0. The summed E-state index contributed by atoms with van der Waals surface area (Å²) in [5, 5.41) is 3.18. The summed E-state index contributed by atoms with van der Waals surface area (Å²) in [6.45, 7) is 4.48. The number of allylic oxidation sites excluding steroid dienone is 1. The SMILES string of the molecule is Cc1ccc(-c2nccc(N3CCC[C@H](C(=O)NCCC4=CCCCC4)C3)n2)cc1. The molecule has 1 amide bonds. The predicted molar refractivity (Wildman–Crippen MR) is 121 cm³/mol. The maximum atomic E-state index is 12.7. The second-order valence-corrected chi connectivity index (χ2v) is 8.54. The van der Waals surface area contributed by atoms with E-state index in [0.29, 0.717) is 0 Å². The first kappa shape index (κ1) is 20.6. The van der Waals surface area contributed by atoms with Gasteiger partial charge >= 0.3 is 0 Å². The summed E-state index contributed by atoms with van der Waals surface area (Å²) in [6, 6.07) is 10.2. The number of amides is 1. The maximum Gasteiger partial charge on any atom is 0.224 e. The average Bonchev–Trinajstić information content (AvgIpc) is 2.80. The van der Waals surface area contributed by atoms with Crippen LogP contribution in [0.5, 0.6) is 0 Å². The van der Waals surface area contributed by atoms with E-state index in [2.05, 4.69) is 52.5 Å². The van der Waals surface area contributed by atoms with Crippen molar-refractivity contribution in [3.8, 4) is 11.4 Å². The Morgan fingerprint density at radius 3 is 2.83 bits per heavy atom. The van der Waals surface area contributed by atoms with Gasteiger partial charge in [-0.3, -0.25) is 4.79 Å². The number of aryl methyl sites for hydroxylation is 1. The van der Waals surface area contributed by atoms with Crippen molar-refractivity contribution in [3.05, 3.63) is 53.7 Å². The summed E-state index contributed by atoms with van der Waals surface area (Å²) in [4.78, 5) is 24.2. The molecule has 1 N–H and O–H groups in total. The molecular formula is C25H32N4O. The number of aromatic nitrogens is 2. The Labute approximate surface area is 179 Å². The number of rotatable bonds is 6. The second kappa shape index (κ2) is 9.88. The molecule has 1 aliphatic heterocycles. The maximum absolute atomic E-state index is 12.7. The van der Waals surface area contributed by atoms with E-state index in [1.54, 1.807) is 0 Å². The van der Waals surface area contributed by atoms with E-state index >= 15 is 0 Å². The van der Waals surface area contributed by atoms with Crippen LogP contribution in [0.4, 0.5) is 5.82 Å². The number of hydrogen-bond acceptors (Lipinski definition) is 4. The van der Waals surface area contributed by atoms with Gasteiger partial charge in [-0.2, -0.15) is 0 Å². The predicted octanol–water partition coefficient (Wildman–Crippen LogP) is 4.68. The molecule has 2 aliphatic rings. The van der Waals surface area contributed by atoms with Gasteiger partial charge in [0.05, 0.1) is 5.92 Å². The molecule has 2 heterocycles. The molecule has 1 saturated heterocycles. The minimum absolute atomic E-state index is 0.0249. The van der Waals surface area contributed by atoms with Gasteiger partial charge in [-0.25, -0.2) is 9.97 Å². The third kappa shape index (κ3) is 5.26. The summed E-state index contributed by atoms with van der Waals surface area (Å²) in [5.41, 5.74) is 3.75. The van der Waals surface area contributed by atoms with E-state index in [9.17, 15) is 4.79 Å². The van der Waals surface area contributed by atoms with Crippen molar-refractivity contribution in [1.82, 2.24) is 15.3 Å². The Morgan fingerprint density at radius 1 is 1.17 bits per heavy atom. The Hall–Kier alpha value is -2.69. The molecule has 1 aromatic heterocycles. The lowest BCUT2D eigenvalue weighted by Gasteiger charge is -2.33. The highest BCUT2D eigenvalue weighted by atomic mass is 16.1. The van der Waals surface area contributed by atoms with Crippen molar-refractivity contribution in [2.24, 2.45) is 5.92 Å². The molecule has 0 spiro atoms. The van der Waals surface area contributed by atoms with E-state index in [-0.39, 0.29) is 11.8 Å². The Kier molecular flexibility index (Phi) is 6.77. The Balaban J connectivity index is 1.35. The first-order chi connectivity index (χ1) is 14.7. The van der Waals surface area contributed by atoms with Crippen molar-refractivity contribution in [1.29, 1.82) is 0 Å². The molecule has 1 aromatic carbocycles. The van der Waals surface area contributed by atoms with E-state index in [0.717, 1.165) is 56.1 Å². The lowest BCUT2D eigenvalue weighted by Crippen LogP contribution is -2.43. The first-order valence-corrected chi connectivity index (χ1v) is 11.3. The van der Waals surface area contributed by atoms with Crippen LogP contribution < -0.4 is 10.2 Å². The van der Waals surface area contributed by atoms with Crippen molar-refractivity contribution in [2.45, 2.75) is 51.9 Å². The van der Waals surface area contributed by atoms with Gasteiger partial charge in [0.25, 0.3) is 0 Å². The first-order valence-electron chi connectivity index (χ1n) is 11.3. The number of hydrogen-bond donors (Lipinski definition) is 1. The zero-order chi connectivity index (χ0) is 20.8. The van der Waals surface area contributed by atoms with Gasteiger partial charge in [0, 0.05) is 31.4 Å². The number of carbonyl (C=O) groups excluding carboxylic acids is 1. The topological polar surface area (TPSA) is 58.1 Å². The lowest BCUT2D eigenvalue weighted by molar-refractivity contribution is -0.125. The number of piperidine rings is 1. The quantitative estimate of drug-likeness (QED) is 0.711. The highest BCUT2D eigenvalue weighted by molar-refractivity contribution is 5.79. The molecule has 0 saturated carbocycles. The van der Waals surface area contributed by atoms with Crippen LogP contribution in [0.2, 0.25) is 0 Å². The fraction of sp³-hybridized carbons (Fsp3) is 0.480. The molecule has 4 rings (SSSR count). The molecule has 0 unspecified atom stereocenters. The molecule has 5 nitrogen and oxygen atoms in total. The highest BCUT2D eigenvalue weighted by Gasteiger charge is 2.26. The fourth-order valence-corrected chi connectivity index (χ4v) is 4.39. The van der Waals surface area contributed by atoms with Crippen LogP contribution in [0.3, 0.4) is 0 Å². The summed E-state index contributed by atoms with van der Waals surface area (Å²) in [6.07, 6.45) is 12.1. The van der Waals surface area contributed by atoms with Crippen LogP contribution in [0.25, 0.3) is 11.4 Å². The number of anilines is 1. The minimum atomic E-state index is 0.0249. The van der Waals surface area contributed by atoms with Gasteiger partial charge in [0.1, 0.15) is 5.82 Å². The van der Waals surface area contributed by atoms with E-state index in [1.165, 1.54) is 36.8 Å². The smallest absolute Gasteiger partial charge is 0.224 e. The molecule has 0 radical (unpaired) electrons. The van der Waals surface area contributed by atoms with E-state index in [1.807, 2.05) is 12.3 Å². The molecule has 1 aliphatic carbocycles. The molecule has 0 bridgehead atoms. The molecular weight excluding hydrogens is 372 g/mol. The normalized spacial score (nSPS) is 19.3. The molecule has 5 heteroatoms. The van der Waals surface area contributed by atoms with Gasteiger partial charge in [-0.1, -0.05) is 41.5 Å². The molecule has 1 fully saturated rings. The van der Waals surface area contributed by atoms with Gasteiger partial charge in [-0.15, -0.1) is 0 Å². The summed E-state index contributed by atoms with van der Waals surface area (Å²) in [5.74, 6) is 1.85. The van der Waals surface area contributed by atoms with Crippen LogP contribution >= 0.6 is 0 Å². The van der Waals surface area contributed by atoms with Gasteiger partial charge < -0.3 is 10.2 Å². The summed E-state index contributed by atoms with van der Waals surface area (Å²) >= 11 is 0. The molecule has 30 heavy (non-hydrogen) atoms. The molecule has 158 valence electrons. The van der Waals surface area contributed by atoms with Crippen molar-refractivity contribution < 1.29 is 4.79 Å². The third-order valence-electron chi connectivity index (χ3n) is 6.20. The standard InChI is InChI=1S/C25H32N4O/c1-19-9-11-21(12-10-19)24-26-16-14-23(28-24)29-17-5-8-22(18-29)25(30)27-15-13-20-6-3-2-4-7-20/h6,9-12,14,16,22H,2-5,7-8,13,15,17-18H2,1H3,(H,27,30)/t22-/m0/s1. The number of nitrogens with one attached hydrogen (secondary N) is 1. The minimum Gasteiger partial charge on any atom is -0.356 e. The Bertz CT molecular complexity index is 890. The van der Waals surface area contributed by atoms with Crippen LogP contribution in [-0.4, -0.2) is 35.5 Å². The molecule has 1 atom stereocenters. The number of nitrogens with zero attached hydrogens (tertiary/aromatic N) is 3. The number of carbonyl (C=O) groups is 1. The fourth-order valence-electron chi connectivity index (χ4n) is 4.39. The van der Waals surface area contributed by atoms with Gasteiger partial charge in [0.15, 0.2) is 5.82 Å². The average molecular weight is 405 g/mol. The van der Waals surface area contributed by atoms with Crippen molar-refractivity contribution in [2.75, 3.05) is 24.5 Å².